The van der Waals surface area contributed by atoms with Gasteiger partial charge in [-0.05, 0) is 19.8 Å². The van der Waals surface area contributed by atoms with E-state index in [0.717, 1.165) is 31.6 Å². The van der Waals surface area contributed by atoms with Gasteiger partial charge in [-0.2, -0.15) is 0 Å². The summed E-state index contributed by atoms with van der Waals surface area (Å²) in [5, 5.41) is 0. The minimum Gasteiger partial charge on any atom is -0.345 e. The summed E-state index contributed by atoms with van der Waals surface area (Å²) in [4.78, 5) is 0. The smallest absolute Gasteiger partial charge is 0.191 e. The minimum absolute atomic E-state index is 0.203. The number of hydrogen-bond donors (Lipinski definition) is 0. The Hall–Kier alpha value is -0.860. The second kappa shape index (κ2) is 4.79. The Labute approximate surface area is 104 Å². The summed E-state index contributed by atoms with van der Waals surface area (Å²) >= 11 is 0. The van der Waals surface area contributed by atoms with Gasteiger partial charge in [0.2, 0.25) is 0 Å². The van der Waals surface area contributed by atoms with Crippen LogP contribution < -0.4 is 0 Å². The average Bonchev–Trinajstić information content (AvgIpc) is 2.41. The summed E-state index contributed by atoms with van der Waals surface area (Å²) in [5.41, 5.74) is 1.30. The molecule has 0 unspecified atom stereocenters. The van der Waals surface area contributed by atoms with E-state index in [1.54, 1.807) is 0 Å². The van der Waals surface area contributed by atoms with Gasteiger partial charge >= 0.3 is 0 Å². The summed E-state index contributed by atoms with van der Waals surface area (Å²) in [7, 11) is 0. The van der Waals surface area contributed by atoms with Crippen molar-refractivity contribution in [3.63, 3.8) is 0 Å². The molecule has 17 heavy (non-hydrogen) atoms. The van der Waals surface area contributed by atoms with Gasteiger partial charge in [-0.1, -0.05) is 44.2 Å². The first-order valence-electron chi connectivity index (χ1n) is 6.47. The standard InChI is InChI=1S/C15H22O2/c1-4-15(5-2)11-16-14(3,17-12-15)13-9-7-6-8-10-13/h6-10H,4-5,11-12H2,1-3H3. The fourth-order valence-corrected chi connectivity index (χ4v) is 2.23. The van der Waals surface area contributed by atoms with Crippen LogP contribution in [-0.2, 0) is 15.3 Å². The van der Waals surface area contributed by atoms with Crippen LogP contribution in [0, 0.1) is 5.41 Å². The molecule has 1 aliphatic heterocycles. The third-order valence-electron chi connectivity index (χ3n) is 4.11. The molecule has 94 valence electrons. The van der Waals surface area contributed by atoms with Gasteiger partial charge in [-0.25, -0.2) is 0 Å². The van der Waals surface area contributed by atoms with Crippen molar-refractivity contribution in [3.8, 4) is 0 Å². The number of ether oxygens (including phenoxy) is 2. The molecule has 1 aromatic carbocycles. The van der Waals surface area contributed by atoms with E-state index in [2.05, 4.69) is 26.0 Å². The van der Waals surface area contributed by atoms with Crippen molar-refractivity contribution in [3.05, 3.63) is 35.9 Å². The summed E-state index contributed by atoms with van der Waals surface area (Å²) < 4.78 is 12.1. The average molecular weight is 234 g/mol. The highest BCUT2D eigenvalue weighted by molar-refractivity contribution is 5.20. The van der Waals surface area contributed by atoms with Crippen molar-refractivity contribution in [1.82, 2.24) is 0 Å². The molecule has 0 saturated carbocycles. The summed E-state index contributed by atoms with van der Waals surface area (Å²) in [6.45, 7) is 8.00. The molecule has 1 heterocycles. The van der Waals surface area contributed by atoms with E-state index in [1.807, 2.05) is 25.1 Å². The van der Waals surface area contributed by atoms with E-state index < -0.39 is 5.79 Å². The molecule has 2 heteroatoms. The number of hydrogen-bond acceptors (Lipinski definition) is 2. The topological polar surface area (TPSA) is 18.5 Å². The zero-order chi connectivity index (χ0) is 12.4. The van der Waals surface area contributed by atoms with Gasteiger partial charge in [0, 0.05) is 11.0 Å². The predicted molar refractivity (Wildman–Crippen MR) is 68.7 cm³/mol. The minimum atomic E-state index is -0.574. The van der Waals surface area contributed by atoms with Crippen molar-refractivity contribution in [2.24, 2.45) is 5.41 Å². The third kappa shape index (κ3) is 2.38. The number of benzene rings is 1. The summed E-state index contributed by atoms with van der Waals surface area (Å²) in [6, 6.07) is 10.2. The van der Waals surface area contributed by atoms with E-state index in [4.69, 9.17) is 9.47 Å². The fourth-order valence-electron chi connectivity index (χ4n) is 2.23. The van der Waals surface area contributed by atoms with E-state index >= 15 is 0 Å². The van der Waals surface area contributed by atoms with Crippen LogP contribution in [0.1, 0.15) is 39.2 Å². The Morgan fingerprint density at radius 1 is 1.00 bits per heavy atom. The molecule has 0 spiro atoms. The molecule has 0 aliphatic carbocycles. The maximum absolute atomic E-state index is 6.03. The quantitative estimate of drug-likeness (QED) is 0.793. The lowest BCUT2D eigenvalue weighted by atomic mass is 9.83. The molecule has 1 aromatic rings. The highest BCUT2D eigenvalue weighted by atomic mass is 16.7. The molecule has 1 saturated heterocycles. The first-order chi connectivity index (χ1) is 8.14. The van der Waals surface area contributed by atoms with Crippen molar-refractivity contribution < 1.29 is 9.47 Å². The molecular formula is C15H22O2. The lowest BCUT2D eigenvalue weighted by Crippen LogP contribution is -2.46. The van der Waals surface area contributed by atoms with Gasteiger partial charge in [-0.3, -0.25) is 0 Å². The molecule has 1 aliphatic rings. The van der Waals surface area contributed by atoms with E-state index in [1.165, 1.54) is 0 Å². The van der Waals surface area contributed by atoms with Gasteiger partial charge in [0.15, 0.2) is 5.79 Å². The van der Waals surface area contributed by atoms with Crippen LogP contribution in [0.25, 0.3) is 0 Å². The second-order valence-corrected chi connectivity index (χ2v) is 5.10. The van der Waals surface area contributed by atoms with Crippen molar-refractivity contribution in [2.75, 3.05) is 13.2 Å². The first kappa shape index (κ1) is 12.6. The van der Waals surface area contributed by atoms with Crippen LogP contribution in [0.2, 0.25) is 0 Å². The van der Waals surface area contributed by atoms with Crippen molar-refractivity contribution >= 4 is 0 Å². The zero-order valence-corrected chi connectivity index (χ0v) is 11.0. The van der Waals surface area contributed by atoms with Crippen molar-refractivity contribution in [2.45, 2.75) is 39.4 Å². The van der Waals surface area contributed by atoms with E-state index in [0.29, 0.717) is 0 Å². The van der Waals surface area contributed by atoms with E-state index in [9.17, 15) is 0 Å². The van der Waals surface area contributed by atoms with Crippen LogP contribution >= 0.6 is 0 Å². The largest absolute Gasteiger partial charge is 0.345 e. The molecule has 0 bridgehead atoms. The fraction of sp³-hybridized carbons (Fsp3) is 0.600. The SMILES string of the molecule is CCC1(CC)COC(C)(c2ccccc2)OC1. The molecule has 2 rings (SSSR count). The maximum Gasteiger partial charge on any atom is 0.191 e. The Kier molecular flexibility index (Phi) is 3.55. The molecule has 1 fully saturated rings. The Morgan fingerprint density at radius 3 is 2.00 bits per heavy atom. The Balaban J connectivity index is 2.12. The van der Waals surface area contributed by atoms with Crippen molar-refractivity contribution in [1.29, 1.82) is 0 Å². The molecule has 0 N–H and O–H groups in total. The van der Waals surface area contributed by atoms with Crippen LogP contribution in [0.5, 0.6) is 0 Å². The third-order valence-corrected chi connectivity index (χ3v) is 4.11. The highest BCUT2D eigenvalue weighted by Crippen LogP contribution is 2.39. The molecule has 0 amide bonds. The molecule has 2 nitrogen and oxygen atoms in total. The lowest BCUT2D eigenvalue weighted by Gasteiger charge is -2.44. The molecule has 0 atom stereocenters. The summed E-state index contributed by atoms with van der Waals surface area (Å²) in [6.07, 6.45) is 2.21. The van der Waals surface area contributed by atoms with Crippen LogP contribution in [0.4, 0.5) is 0 Å². The van der Waals surface area contributed by atoms with E-state index in [-0.39, 0.29) is 5.41 Å². The predicted octanol–water partition coefficient (Wildman–Crippen LogP) is 3.71. The normalized spacial score (nSPS) is 22.3. The monoisotopic (exact) mass is 234 g/mol. The van der Waals surface area contributed by atoms with Gasteiger partial charge < -0.3 is 9.47 Å². The van der Waals surface area contributed by atoms with Gasteiger partial charge in [0.1, 0.15) is 0 Å². The molecule has 0 radical (unpaired) electrons. The first-order valence-corrected chi connectivity index (χ1v) is 6.47. The zero-order valence-electron chi connectivity index (χ0n) is 11.0. The van der Waals surface area contributed by atoms with Crippen LogP contribution in [0.15, 0.2) is 30.3 Å². The Morgan fingerprint density at radius 2 is 1.53 bits per heavy atom. The van der Waals surface area contributed by atoms with Crippen LogP contribution in [0.3, 0.4) is 0 Å². The summed E-state index contributed by atoms with van der Waals surface area (Å²) in [5.74, 6) is -0.574. The van der Waals surface area contributed by atoms with Gasteiger partial charge in [0.25, 0.3) is 0 Å². The maximum atomic E-state index is 6.03. The highest BCUT2D eigenvalue weighted by Gasteiger charge is 2.41. The Bertz CT molecular complexity index is 344. The number of rotatable bonds is 3. The lowest BCUT2D eigenvalue weighted by molar-refractivity contribution is -0.304. The molecule has 0 aromatic heterocycles. The van der Waals surface area contributed by atoms with Gasteiger partial charge in [-0.15, -0.1) is 0 Å². The van der Waals surface area contributed by atoms with Gasteiger partial charge in [0.05, 0.1) is 13.2 Å². The molecular weight excluding hydrogens is 212 g/mol. The second-order valence-electron chi connectivity index (χ2n) is 5.10. The van der Waals surface area contributed by atoms with Crippen LogP contribution in [-0.4, -0.2) is 13.2 Å².